The second-order valence-corrected chi connectivity index (χ2v) is 6.66. The van der Waals surface area contributed by atoms with Crippen LogP contribution in [-0.4, -0.2) is 57.9 Å². The lowest BCUT2D eigenvalue weighted by atomic mass is 10.1. The van der Waals surface area contributed by atoms with Crippen molar-refractivity contribution in [2.45, 2.75) is 24.6 Å². The Labute approximate surface area is 143 Å². The summed E-state index contributed by atoms with van der Waals surface area (Å²) in [6.45, 7) is 1.53. The molecule has 1 aliphatic heterocycles. The van der Waals surface area contributed by atoms with Gasteiger partial charge in [-0.15, -0.1) is 11.8 Å². The highest BCUT2D eigenvalue weighted by Crippen LogP contribution is 2.23. The third-order valence-electron chi connectivity index (χ3n) is 3.75. The fraction of sp³-hybridized carbons (Fsp3) is 0.438. The van der Waals surface area contributed by atoms with Gasteiger partial charge in [-0.05, 0) is 25.0 Å². The number of thioether (sulfide) groups is 1. The molecule has 1 aromatic carbocycles. The first-order valence-electron chi connectivity index (χ1n) is 7.58. The summed E-state index contributed by atoms with van der Waals surface area (Å²) in [5.41, 5.74) is 0.455. The summed E-state index contributed by atoms with van der Waals surface area (Å²) in [5, 5.41) is 11.0. The topological polar surface area (TPSA) is 86.7 Å². The first-order valence-corrected chi connectivity index (χ1v) is 8.63. The van der Waals surface area contributed by atoms with Gasteiger partial charge in [0.2, 0.25) is 11.8 Å². The molecule has 1 saturated heterocycles. The molecule has 24 heavy (non-hydrogen) atoms. The number of hydrogen-bond acceptors (Lipinski definition) is 4. The van der Waals surface area contributed by atoms with Crippen molar-refractivity contribution in [2.75, 3.05) is 18.8 Å². The van der Waals surface area contributed by atoms with Crippen LogP contribution in [0.4, 0.5) is 4.39 Å². The summed E-state index contributed by atoms with van der Waals surface area (Å²) >= 11 is 1.28. The van der Waals surface area contributed by atoms with E-state index < -0.39 is 29.7 Å². The Bertz CT molecular complexity index is 640. The number of likely N-dealkylation sites (N-methyl/N-ethyl adjacent to an activating group) is 1. The molecule has 0 saturated carbocycles. The molecule has 2 amide bonds. The number of nitrogens with one attached hydrogen (secondary N) is 1. The van der Waals surface area contributed by atoms with Crippen LogP contribution >= 0.6 is 11.8 Å². The maximum Gasteiger partial charge on any atom is 0.323 e. The van der Waals surface area contributed by atoms with E-state index in [4.69, 9.17) is 5.11 Å². The van der Waals surface area contributed by atoms with Gasteiger partial charge in [0.1, 0.15) is 18.4 Å². The molecule has 2 rings (SSSR count). The number of rotatable bonds is 6. The number of halogens is 1. The van der Waals surface area contributed by atoms with E-state index in [1.54, 1.807) is 25.1 Å². The molecule has 0 bridgehead atoms. The van der Waals surface area contributed by atoms with Crippen LogP contribution in [0.15, 0.2) is 24.3 Å². The van der Waals surface area contributed by atoms with E-state index in [9.17, 15) is 18.8 Å². The SMILES string of the molecule is CCN(CC(=O)O)C(=O)C1CSC(Cc2ccccc2F)C(=O)N1. The minimum Gasteiger partial charge on any atom is -0.480 e. The molecule has 130 valence electrons. The van der Waals surface area contributed by atoms with Crippen molar-refractivity contribution < 1.29 is 23.9 Å². The van der Waals surface area contributed by atoms with E-state index in [1.165, 1.54) is 22.7 Å². The van der Waals surface area contributed by atoms with Crippen LogP contribution in [0.25, 0.3) is 0 Å². The lowest BCUT2D eigenvalue weighted by Crippen LogP contribution is -2.56. The van der Waals surface area contributed by atoms with Gasteiger partial charge in [0.05, 0.1) is 5.25 Å². The van der Waals surface area contributed by atoms with Crippen molar-refractivity contribution in [2.24, 2.45) is 0 Å². The number of hydrogen-bond donors (Lipinski definition) is 2. The third-order valence-corrected chi connectivity index (χ3v) is 5.06. The van der Waals surface area contributed by atoms with Crippen LogP contribution in [0.3, 0.4) is 0 Å². The van der Waals surface area contributed by atoms with E-state index in [0.29, 0.717) is 11.3 Å². The van der Waals surface area contributed by atoms with E-state index in [-0.39, 0.29) is 24.7 Å². The number of benzene rings is 1. The van der Waals surface area contributed by atoms with Crippen molar-refractivity contribution in [1.29, 1.82) is 0 Å². The normalized spacial score (nSPS) is 20.3. The molecular formula is C16H19FN2O4S. The molecule has 0 aliphatic carbocycles. The zero-order valence-corrected chi connectivity index (χ0v) is 14.0. The van der Waals surface area contributed by atoms with Crippen LogP contribution in [0.5, 0.6) is 0 Å². The Balaban J connectivity index is 1.97. The van der Waals surface area contributed by atoms with Crippen LogP contribution in [0.2, 0.25) is 0 Å². The molecular weight excluding hydrogens is 335 g/mol. The van der Waals surface area contributed by atoms with Gasteiger partial charge in [0.25, 0.3) is 0 Å². The standard InChI is InChI=1S/C16H19FN2O4S/c1-2-19(8-14(20)21)16(23)12-9-24-13(15(22)18-12)7-10-5-3-4-6-11(10)17/h3-6,12-13H,2,7-9H2,1H3,(H,18,22)(H,20,21). The Kier molecular flexibility index (Phi) is 6.19. The molecule has 0 aromatic heterocycles. The van der Waals surface area contributed by atoms with E-state index in [0.717, 1.165) is 0 Å². The monoisotopic (exact) mass is 354 g/mol. The van der Waals surface area contributed by atoms with E-state index in [1.807, 2.05) is 0 Å². The van der Waals surface area contributed by atoms with Gasteiger partial charge in [-0.3, -0.25) is 14.4 Å². The Morgan fingerprint density at radius 2 is 2.12 bits per heavy atom. The second-order valence-electron chi connectivity index (χ2n) is 5.42. The van der Waals surface area contributed by atoms with Crippen molar-refractivity contribution in [3.63, 3.8) is 0 Å². The molecule has 1 aromatic rings. The van der Waals surface area contributed by atoms with Crippen LogP contribution in [0, 0.1) is 5.82 Å². The average Bonchev–Trinajstić information content (AvgIpc) is 2.55. The highest BCUT2D eigenvalue weighted by Gasteiger charge is 2.34. The molecule has 1 heterocycles. The van der Waals surface area contributed by atoms with Crippen LogP contribution in [0.1, 0.15) is 12.5 Å². The number of aliphatic carboxylic acids is 1. The Hall–Kier alpha value is -2.09. The summed E-state index contributed by atoms with van der Waals surface area (Å²) in [4.78, 5) is 36.5. The minimum absolute atomic E-state index is 0.247. The van der Waals surface area contributed by atoms with Crippen molar-refractivity contribution in [3.05, 3.63) is 35.6 Å². The lowest BCUT2D eigenvalue weighted by molar-refractivity contribution is -0.145. The molecule has 2 unspecified atom stereocenters. The fourth-order valence-electron chi connectivity index (χ4n) is 2.47. The van der Waals surface area contributed by atoms with Gasteiger partial charge < -0.3 is 15.3 Å². The number of carboxylic acids is 1. The van der Waals surface area contributed by atoms with Crippen LogP contribution < -0.4 is 5.32 Å². The first kappa shape index (κ1) is 18.3. The summed E-state index contributed by atoms with van der Waals surface area (Å²) in [5.74, 6) is -1.87. The van der Waals surface area contributed by atoms with Gasteiger partial charge in [0.15, 0.2) is 0 Å². The number of carbonyl (C=O) groups is 3. The van der Waals surface area contributed by atoms with Crippen molar-refractivity contribution in [3.8, 4) is 0 Å². The number of carboxylic acid groups (broad SMARTS) is 1. The largest absolute Gasteiger partial charge is 0.480 e. The predicted octanol–water partition coefficient (Wildman–Crippen LogP) is 0.901. The highest BCUT2D eigenvalue weighted by atomic mass is 32.2. The maximum atomic E-state index is 13.7. The van der Waals surface area contributed by atoms with Gasteiger partial charge in [-0.2, -0.15) is 0 Å². The fourth-order valence-corrected chi connectivity index (χ4v) is 3.64. The smallest absolute Gasteiger partial charge is 0.323 e. The summed E-state index contributed by atoms with van der Waals surface area (Å²) in [6, 6.07) is 5.52. The summed E-state index contributed by atoms with van der Waals surface area (Å²) in [6.07, 6.45) is 0.247. The highest BCUT2D eigenvalue weighted by molar-refractivity contribution is 8.00. The average molecular weight is 354 g/mol. The summed E-state index contributed by atoms with van der Waals surface area (Å²) in [7, 11) is 0. The van der Waals surface area contributed by atoms with Gasteiger partial charge in [0, 0.05) is 12.3 Å². The molecule has 0 spiro atoms. The third kappa shape index (κ3) is 4.47. The summed E-state index contributed by atoms with van der Waals surface area (Å²) < 4.78 is 13.7. The first-order chi connectivity index (χ1) is 11.4. The van der Waals surface area contributed by atoms with Crippen LogP contribution in [-0.2, 0) is 20.8 Å². The van der Waals surface area contributed by atoms with E-state index >= 15 is 0 Å². The van der Waals surface area contributed by atoms with Gasteiger partial charge >= 0.3 is 5.97 Å². The molecule has 2 atom stereocenters. The van der Waals surface area contributed by atoms with E-state index in [2.05, 4.69) is 5.32 Å². The molecule has 0 radical (unpaired) electrons. The molecule has 6 nitrogen and oxygen atoms in total. The molecule has 1 aliphatic rings. The van der Waals surface area contributed by atoms with Gasteiger partial charge in [-0.1, -0.05) is 18.2 Å². The predicted molar refractivity (Wildman–Crippen MR) is 88.2 cm³/mol. The van der Waals surface area contributed by atoms with Gasteiger partial charge in [-0.25, -0.2) is 4.39 Å². The number of carbonyl (C=O) groups excluding carboxylic acids is 2. The number of amides is 2. The Morgan fingerprint density at radius 1 is 1.42 bits per heavy atom. The zero-order chi connectivity index (χ0) is 17.7. The molecule has 2 N–H and O–H groups in total. The Morgan fingerprint density at radius 3 is 2.71 bits per heavy atom. The quantitative estimate of drug-likeness (QED) is 0.793. The zero-order valence-electron chi connectivity index (χ0n) is 13.2. The second kappa shape index (κ2) is 8.14. The van der Waals surface area contributed by atoms with Crippen molar-refractivity contribution >= 4 is 29.5 Å². The lowest BCUT2D eigenvalue weighted by Gasteiger charge is -2.31. The van der Waals surface area contributed by atoms with Crippen molar-refractivity contribution in [1.82, 2.24) is 10.2 Å². The number of nitrogens with zero attached hydrogens (tertiary/aromatic N) is 1. The maximum absolute atomic E-state index is 13.7. The molecule has 8 heteroatoms. The minimum atomic E-state index is -1.10. The molecule has 1 fully saturated rings.